The maximum atomic E-state index is 8.51. The minimum absolute atomic E-state index is 0. The van der Waals surface area contributed by atoms with Gasteiger partial charge < -0.3 is 5.11 Å². The molecule has 0 bridgehead atoms. The van der Waals surface area contributed by atoms with E-state index in [1.165, 1.54) is 44.9 Å². The second-order valence-electron chi connectivity index (χ2n) is 3.20. The minimum atomic E-state index is 0. The van der Waals surface area contributed by atoms with E-state index in [-0.39, 0.29) is 17.4 Å². The Morgan fingerprint density at radius 2 is 1.17 bits per heavy atom. The number of hydrogen-bond acceptors (Lipinski definition) is 1. The van der Waals surface area contributed by atoms with Crippen molar-refractivity contribution in [3.63, 3.8) is 0 Å². The second kappa shape index (κ2) is 14.0. The topological polar surface area (TPSA) is 20.2 Å². The molecule has 0 fully saturated rings. The molecule has 0 unspecified atom stereocenters. The molecule has 12 heavy (non-hydrogen) atoms. The fourth-order valence-electron chi connectivity index (χ4n) is 1.25. The molecule has 0 saturated carbocycles. The Bertz CT molecular complexity index is 58.9. The number of aliphatic hydroxyl groups excluding tert-OH is 1. The first kappa shape index (κ1) is 15.0. The Morgan fingerprint density at radius 1 is 0.750 bits per heavy atom. The standard InChI is InChI=1S/C10H22O.Al.3H/c1-2-3-4-5-6-7-8-9-10-11;;;;/h11H,2-10H2,1H3;;;;. The average Bonchev–Trinajstić information content (AvgIpc) is 2.03. The van der Waals surface area contributed by atoms with Gasteiger partial charge in [-0.3, -0.25) is 0 Å². The largest absolute Gasteiger partial charge is 0.396 e. The molecule has 0 aromatic heterocycles. The van der Waals surface area contributed by atoms with E-state index in [9.17, 15) is 0 Å². The summed E-state index contributed by atoms with van der Waals surface area (Å²) in [5, 5.41) is 8.51. The molecular formula is C10H25AlO. The van der Waals surface area contributed by atoms with Crippen LogP contribution >= 0.6 is 0 Å². The van der Waals surface area contributed by atoms with E-state index in [2.05, 4.69) is 6.92 Å². The van der Waals surface area contributed by atoms with Crippen molar-refractivity contribution in [1.29, 1.82) is 0 Å². The van der Waals surface area contributed by atoms with E-state index in [1.54, 1.807) is 0 Å². The lowest BCUT2D eigenvalue weighted by Gasteiger charge is -1.98. The third-order valence-electron chi connectivity index (χ3n) is 2.01. The lowest BCUT2D eigenvalue weighted by molar-refractivity contribution is 0.282. The van der Waals surface area contributed by atoms with Crippen LogP contribution in [0, 0.1) is 0 Å². The van der Waals surface area contributed by atoms with Crippen LogP contribution in [-0.2, 0) is 0 Å². The first-order valence-electron chi connectivity index (χ1n) is 5.02. The fourth-order valence-corrected chi connectivity index (χ4v) is 1.25. The number of rotatable bonds is 8. The molecule has 2 heteroatoms. The predicted octanol–water partition coefficient (Wildman–Crippen LogP) is 1.94. The van der Waals surface area contributed by atoms with E-state index in [0.717, 1.165) is 6.42 Å². The van der Waals surface area contributed by atoms with Crippen molar-refractivity contribution in [2.45, 2.75) is 58.3 Å². The summed E-state index contributed by atoms with van der Waals surface area (Å²) in [6.07, 6.45) is 10.4. The molecule has 1 nitrogen and oxygen atoms in total. The fraction of sp³-hybridized carbons (Fsp3) is 1.00. The smallest absolute Gasteiger partial charge is 0.187 e. The van der Waals surface area contributed by atoms with Gasteiger partial charge in [0.25, 0.3) is 0 Å². The van der Waals surface area contributed by atoms with Gasteiger partial charge in [-0.15, -0.1) is 0 Å². The third kappa shape index (κ3) is 13.1. The Morgan fingerprint density at radius 3 is 1.58 bits per heavy atom. The molecule has 0 aliphatic carbocycles. The summed E-state index contributed by atoms with van der Waals surface area (Å²) in [5.74, 6) is 0. The maximum absolute atomic E-state index is 8.51. The van der Waals surface area contributed by atoms with Gasteiger partial charge in [-0.25, -0.2) is 0 Å². The van der Waals surface area contributed by atoms with Gasteiger partial charge in [0.2, 0.25) is 0 Å². The lowest BCUT2D eigenvalue weighted by Crippen LogP contribution is -1.83. The van der Waals surface area contributed by atoms with Gasteiger partial charge in [-0.2, -0.15) is 0 Å². The third-order valence-corrected chi connectivity index (χ3v) is 2.01. The number of unbranched alkanes of at least 4 members (excludes halogenated alkanes) is 7. The summed E-state index contributed by atoms with van der Waals surface area (Å²) in [7, 11) is 0. The zero-order chi connectivity index (χ0) is 8.36. The average molecular weight is 188 g/mol. The Balaban J connectivity index is 0. The van der Waals surface area contributed by atoms with Crippen molar-refractivity contribution in [3.05, 3.63) is 0 Å². The molecule has 0 aliphatic rings. The van der Waals surface area contributed by atoms with Gasteiger partial charge in [0.1, 0.15) is 0 Å². The zero-order valence-corrected chi connectivity index (χ0v) is 7.81. The highest BCUT2D eigenvalue weighted by atomic mass is 27.0. The van der Waals surface area contributed by atoms with E-state index in [4.69, 9.17) is 5.11 Å². The molecule has 0 aromatic rings. The SMILES string of the molecule is CCCCCCCCCCO.[AlH3]. The van der Waals surface area contributed by atoms with Gasteiger partial charge in [0, 0.05) is 6.61 Å². The Labute approximate surface area is 87.7 Å². The monoisotopic (exact) mass is 188 g/mol. The summed E-state index contributed by atoms with van der Waals surface area (Å²) in [6.45, 7) is 2.61. The first-order chi connectivity index (χ1) is 5.41. The highest BCUT2D eigenvalue weighted by Crippen LogP contribution is 2.07. The number of hydrogen-bond donors (Lipinski definition) is 1. The highest BCUT2D eigenvalue weighted by Gasteiger charge is 1.89. The van der Waals surface area contributed by atoms with Gasteiger partial charge >= 0.3 is 0 Å². The Kier molecular flexibility index (Phi) is 17.5. The van der Waals surface area contributed by atoms with Crippen molar-refractivity contribution < 1.29 is 5.11 Å². The molecule has 0 aromatic carbocycles. The van der Waals surface area contributed by atoms with Crippen LogP contribution < -0.4 is 0 Å². The highest BCUT2D eigenvalue weighted by molar-refractivity contribution is 5.75. The molecular weight excluding hydrogens is 163 g/mol. The van der Waals surface area contributed by atoms with Crippen LogP contribution in [0.4, 0.5) is 0 Å². The van der Waals surface area contributed by atoms with Crippen molar-refractivity contribution in [1.82, 2.24) is 0 Å². The molecule has 74 valence electrons. The Hall–Kier alpha value is 0.492. The van der Waals surface area contributed by atoms with Crippen LogP contribution in [-0.4, -0.2) is 29.1 Å². The summed E-state index contributed by atoms with van der Waals surface area (Å²) >= 11 is 0. The van der Waals surface area contributed by atoms with Crippen LogP contribution in [0.2, 0.25) is 0 Å². The molecule has 0 atom stereocenters. The number of aliphatic hydroxyl groups is 1. The lowest BCUT2D eigenvalue weighted by atomic mass is 10.1. The van der Waals surface area contributed by atoms with Crippen molar-refractivity contribution in [2.24, 2.45) is 0 Å². The quantitative estimate of drug-likeness (QED) is 0.456. The normalized spacial score (nSPS) is 9.50. The van der Waals surface area contributed by atoms with E-state index in [1.807, 2.05) is 0 Å². The van der Waals surface area contributed by atoms with Crippen molar-refractivity contribution >= 4 is 17.4 Å². The van der Waals surface area contributed by atoms with Crippen LogP contribution in [0.15, 0.2) is 0 Å². The molecule has 0 saturated heterocycles. The van der Waals surface area contributed by atoms with Gasteiger partial charge in [0.15, 0.2) is 17.4 Å². The summed E-state index contributed by atoms with van der Waals surface area (Å²) in [4.78, 5) is 0. The summed E-state index contributed by atoms with van der Waals surface area (Å²) in [5.41, 5.74) is 0. The van der Waals surface area contributed by atoms with Crippen LogP contribution in [0.25, 0.3) is 0 Å². The summed E-state index contributed by atoms with van der Waals surface area (Å²) < 4.78 is 0. The van der Waals surface area contributed by atoms with E-state index >= 15 is 0 Å². The molecule has 0 aliphatic heterocycles. The molecule has 0 spiro atoms. The van der Waals surface area contributed by atoms with E-state index in [0.29, 0.717) is 6.61 Å². The molecule has 0 heterocycles. The summed E-state index contributed by atoms with van der Waals surface area (Å²) in [6, 6.07) is 0. The van der Waals surface area contributed by atoms with Crippen LogP contribution in [0.1, 0.15) is 58.3 Å². The second-order valence-corrected chi connectivity index (χ2v) is 3.20. The van der Waals surface area contributed by atoms with Gasteiger partial charge in [-0.05, 0) is 6.42 Å². The first-order valence-corrected chi connectivity index (χ1v) is 5.02. The molecule has 0 rings (SSSR count). The van der Waals surface area contributed by atoms with Crippen molar-refractivity contribution in [2.75, 3.05) is 6.61 Å². The van der Waals surface area contributed by atoms with Crippen molar-refractivity contribution in [3.8, 4) is 0 Å². The molecule has 1 N–H and O–H groups in total. The molecule has 0 radical (unpaired) electrons. The molecule has 0 amide bonds. The van der Waals surface area contributed by atoms with Gasteiger partial charge in [0.05, 0.1) is 0 Å². The zero-order valence-electron chi connectivity index (χ0n) is 7.81. The maximum Gasteiger partial charge on any atom is 0.187 e. The van der Waals surface area contributed by atoms with Crippen LogP contribution in [0.5, 0.6) is 0 Å². The predicted molar refractivity (Wildman–Crippen MR) is 59.6 cm³/mol. The van der Waals surface area contributed by atoms with Crippen LogP contribution in [0.3, 0.4) is 0 Å². The van der Waals surface area contributed by atoms with E-state index < -0.39 is 0 Å². The van der Waals surface area contributed by atoms with Gasteiger partial charge in [-0.1, -0.05) is 51.9 Å². The minimum Gasteiger partial charge on any atom is -0.396 e.